The fraction of sp³-hybridized carbons (Fsp3) is 0.267. The number of nitrogens with one attached hydrogen (secondary N) is 2. The summed E-state index contributed by atoms with van der Waals surface area (Å²) in [5, 5.41) is 21.2. The highest BCUT2D eigenvalue weighted by atomic mass is 32.1. The number of pyridine rings is 1. The van der Waals surface area contributed by atoms with Gasteiger partial charge in [0.2, 0.25) is 0 Å². The van der Waals surface area contributed by atoms with Crippen molar-refractivity contribution in [3.05, 3.63) is 35.5 Å². The molecule has 0 aliphatic carbocycles. The standard InChI is InChI=1S/C15H17N5O2S/c1-15(12(21)13(22)20(2)14(17)19-15)11-4-3-10(23-11)8-5-9(16)7-18-6-8/h3-7,12,21H,16H2,1-2H3,(H2,17,19)/t12-,15+/m0/s1. The minimum Gasteiger partial charge on any atom is -0.397 e. The first-order valence-corrected chi connectivity index (χ1v) is 7.78. The van der Waals surface area contributed by atoms with E-state index in [2.05, 4.69) is 10.3 Å². The van der Waals surface area contributed by atoms with Crippen molar-refractivity contribution in [3.63, 3.8) is 0 Å². The quantitative estimate of drug-likeness (QED) is 0.654. The Bertz CT molecular complexity index is 790. The van der Waals surface area contributed by atoms with E-state index in [-0.39, 0.29) is 5.96 Å². The molecular formula is C15H17N5O2S. The summed E-state index contributed by atoms with van der Waals surface area (Å²) in [5.41, 5.74) is 6.15. The normalized spacial score (nSPS) is 24.7. The number of nitrogen functional groups attached to an aromatic ring is 1. The lowest BCUT2D eigenvalue weighted by molar-refractivity contribution is -0.142. The van der Waals surface area contributed by atoms with E-state index in [0.29, 0.717) is 5.69 Å². The van der Waals surface area contributed by atoms with E-state index in [4.69, 9.17) is 11.1 Å². The summed E-state index contributed by atoms with van der Waals surface area (Å²) < 4.78 is 0. The van der Waals surface area contributed by atoms with Crippen LogP contribution in [-0.4, -0.2) is 40.0 Å². The summed E-state index contributed by atoms with van der Waals surface area (Å²) in [7, 11) is 1.46. The van der Waals surface area contributed by atoms with Gasteiger partial charge in [0.25, 0.3) is 5.91 Å². The SMILES string of the molecule is CN1C(=N)N[C@](C)(c2ccc(-c3cncc(N)c3)s2)[C@@H](O)C1=O. The van der Waals surface area contributed by atoms with Crippen molar-refractivity contribution in [2.24, 2.45) is 0 Å². The molecule has 0 unspecified atom stereocenters. The number of aromatic nitrogens is 1. The summed E-state index contributed by atoms with van der Waals surface area (Å²) >= 11 is 1.42. The van der Waals surface area contributed by atoms with Gasteiger partial charge in [0, 0.05) is 34.8 Å². The minimum atomic E-state index is -1.27. The highest BCUT2D eigenvalue weighted by Gasteiger charge is 2.47. The van der Waals surface area contributed by atoms with Crippen LogP contribution >= 0.6 is 11.3 Å². The molecule has 0 spiro atoms. The Morgan fingerprint density at radius 2 is 2.22 bits per heavy atom. The Labute approximate surface area is 137 Å². The van der Waals surface area contributed by atoms with Crippen LogP contribution in [0.1, 0.15) is 11.8 Å². The molecule has 0 saturated carbocycles. The number of guanidine groups is 1. The Balaban J connectivity index is 1.99. The molecule has 7 nitrogen and oxygen atoms in total. The molecule has 8 heteroatoms. The molecule has 0 radical (unpaired) electrons. The molecule has 3 heterocycles. The molecule has 1 fully saturated rings. The molecule has 3 rings (SSSR count). The van der Waals surface area contributed by atoms with Crippen LogP contribution in [0.4, 0.5) is 5.69 Å². The van der Waals surface area contributed by atoms with Crippen LogP contribution in [0.2, 0.25) is 0 Å². The molecule has 0 aromatic carbocycles. The number of nitrogens with two attached hydrogens (primary N) is 1. The van der Waals surface area contributed by atoms with Gasteiger partial charge in [-0.15, -0.1) is 11.3 Å². The molecular weight excluding hydrogens is 314 g/mol. The highest BCUT2D eigenvalue weighted by molar-refractivity contribution is 7.15. The molecule has 5 N–H and O–H groups in total. The molecule has 0 bridgehead atoms. The molecule has 23 heavy (non-hydrogen) atoms. The van der Waals surface area contributed by atoms with Crippen molar-refractivity contribution in [3.8, 4) is 10.4 Å². The lowest BCUT2D eigenvalue weighted by Crippen LogP contribution is -2.66. The first kappa shape index (κ1) is 15.4. The maximum Gasteiger partial charge on any atom is 0.260 e. The molecule has 1 amide bonds. The number of aliphatic hydroxyl groups excluding tert-OH is 1. The number of nitrogens with zero attached hydrogens (tertiary/aromatic N) is 2. The summed E-state index contributed by atoms with van der Waals surface area (Å²) in [6.07, 6.45) is 2.01. The first-order chi connectivity index (χ1) is 10.8. The number of anilines is 1. The van der Waals surface area contributed by atoms with Crippen LogP contribution in [0.15, 0.2) is 30.6 Å². The van der Waals surface area contributed by atoms with Gasteiger partial charge in [0.1, 0.15) is 5.54 Å². The lowest BCUT2D eigenvalue weighted by atomic mass is 9.90. The zero-order chi connectivity index (χ0) is 16.8. The Hall–Kier alpha value is -2.45. The Kier molecular flexibility index (Phi) is 3.57. The maximum absolute atomic E-state index is 12.1. The molecule has 2 aromatic rings. The first-order valence-electron chi connectivity index (χ1n) is 6.96. The molecule has 1 aliphatic rings. The van der Waals surface area contributed by atoms with Crippen molar-refractivity contribution in [1.29, 1.82) is 5.41 Å². The van der Waals surface area contributed by atoms with E-state index in [1.807, 2.05) is 18.2 Å². The summed E-state index contributed by atoms with van der Waals surface area (Å²) in [6.45, 7) is 1.71. The number of carbonyl (C=O) groups excluding carboxylic acids is 1. The zero-order valence-corrected chi connectivity index (χ0v) is 13.5. The highest BCUT2D eigenvalue weighted by Crippen LogP contribution is 2.37. The third kappa shape index (κ3) is 2.45. The topological polar surface area (TPSA) is 115 Å². The van der Waals surface area contributed by atoms with Crippen molar-refractivity contribution in [2.45, 2.75) is 18.6 Å². The summed E-state index contributed by atoms with van der Waals surface area (Å²) in [6, 6.07) is 5.55. The van der Waals surface area contributed by atoms with E-state index in [9.17, 15) is 9.90 Å². The van der Waals surface area contributed by atoms with Gasteiger partial charge in [-0.2, -0.15) is 0 Å². The average Bonchev–Trinajstić information content (AvgIpc) is 3.02. The van der Waals surface area contributed by atoms with Crippen LogP contribution in [0.3, 0.4) is 0 Å². The van der Waals surface area contributed by atoms with E-state index < -0.39 is 17.6 Å². The number of thiophene rings is 1. The Morgan fingerprint density at radius 1 is 1.48 bits per heavy atom. The predicted molar refractivity (Wildman–Crippen MR) is 89.0 cm³/mol. The van der Waals surface area contributed by atoms with Crippen molar-refractivity contribution in [1.82, 2.24) is 15.2 Å². The third-order valence-corrected chi connectivity index (χ3v) is 5.36. The lowest BCUT2D eigenvalue weighted by Gasteiger charge is -2.42. The zero-order valence-electron chi connectivity index (χ0n) is 12.7. The van der Waals surface area contributed by atoms with Crippen LogP contribution in [0.5, 0.6) is 0 Å². The van der Waals surface area contributed by atoms with Gasteiger partial charge in [0.15, 0.2) is 12.1 Å². The van der Waals surface area contributed by atoms with Crippen LogP contribution in [0, 0.1) is 5.41 Å². The van der Waals surface area contributed by atoms with Crippen LogP contribution < -0.4 is 11.1 Å². The minimum absolute atomic E-state index is 0.0385. The number of amides is 1. The third-order valence-electron chi connectivity index (χ3n) is 3.99. The maximum atomic E-state index is 12.1. The summed E-state index contributed by atoms with van der Waals surface area (Å²) in [4.78, 5) is 19.0. The van der Waals surface area contributed by atoms with Gasteiger partial charge in [-0.05, 0) is 25.1 Å². The molecule has 1 saturated heterocycles. The smallest absolute Gasteiger partial charge is 0.260 e. The molecule has 2 aromatic heterocycles. The van der Waals surface area contributed by atoms with Gasteiger partial charge >= 0.3 is 0 Å². The van der Waals surface area contributed by atoms with Crippen LogP contribution in [0.25, 0.3) is 10.4 Å². The second-order valence-corrected chi connectivity index (χ2v) is 6.73. The van der Waals surface area contributed by atoms with Crippen molar-refractivity contribution < 1.29 is 9.90 Å². The summed E-state index contributed by atoms with van der Waals surface area (Å²) in [5.74, 6) is -0.541. The fourth-order valence-corrected chi connectivity index (χ4v) is 3.61. The number of likely N-dealkylation sites (N-methyl/N-ethyl adjacent to an activating group) is 1. The fourth-order valence-electron chi connectivity index (χ4n) is 2.50. The van der Waals surface area contributed by atoms with E-state index in [0.717, 1.165) is 20.2 Å². The van der Waals surface area contributed by atoms with Gasteiger partial charge in [0.05, 0.1) is 5.69 Å². The monoisotopic (exact) mass is 331 g/mol. The van der Waals surface area contributed by atoms with Gasteiger partial charge in [-0.1, -0.05) is 0 Å². The second-order valence-electron chi connectivity index (χ2n) is 5.65. The van der Waals surface area contributed by atoms with E-state index >= 15 is 0 Å². The number of aliphatic hydroxyl groups is 1. The number of rotatable bonds is 2. The average molecular weight is 331 g/mol. The van der Waals surface area contributed by atoms with Gasteiger partial charge in [-0.3, -0.25) is 20.1 Å². The van der Waals surface area contributed by atoms with Gasteiger partial charge < -0.3 is 16.2 Å². The van der Waals surface area contributed by atoms with E-state index in [1.165, 1.54) is 18.4 Å². The van der Waals surface area contributed by atoms with Gasteiger partial charge in [-0.25, -0.2) is 0 Å². The van der Waals surface area contributed by atoms with Crippen molar-refractivity contribution in [2.75, 3.05) is 12.8 Å². The molecule has 1 aliphatic heterocycles. The number of hydrogen-bond donors (Lipinski definition) is 4. The van der Waals surface area contributed by atoms with E-state index in [1.54, 1.807) is 19.3 Å². The molecule has 2 atom stereocenters. The number of carbonyl (C=O) groups is 1. The second kappa shape index (κ2) is 5.32. The predicted octanol–water partition coefficient (Wildman–Crippen LogP) is 0.965. The van der Waals surface area contributed by atoms with Crippen molar-refractivity contribution >= 4 is 28.9 Å². The van der Waals surface area contributed by atoms with Crippen LogP contribution in [-0.2, 0) is 10.3 Å². The largest absolute Gasteiger partial charge is 0.397 e. The molecule has 120 valence electrons. The Morgan fingerprint density at radius 3 is 2.91 bits per heavy atom. The number of hydrogen-bond acceptors (Lipinski definition) is 6.